The standard InChI is InChI=1S/C19H19BrN2O/c1-15-18(23-14-17-10-6-3-7-11-17)19(20)22(21-15)13-12-16-8-4-2-5-9-16/h2-11H,12-14H2,1H3. The summed E-state index contributed by atoms with van der Waals surface area (Å²) in [6.45, 7) is 3.34. The van der Waals surface area contributed by atoms with Crippen LogP contribution in [0.1, 0.15) is 16.8 Å². The summed E-state index contributed by atoms with van der Waals surface area (Å²) in [6.07, 6.45) is 0.943. The molecule has 0 aliphatic heterocycles. The maximum atomic E-state index is 5.96. The monoisotopic (exact) mass is 370 g/mol. The van der Waals surface area contributed by atoms with Crippen LogP contribution in [0.4, 0.5) is 0 Å². The number of hydrogen-bond acceptors (Lipinski definition) is 2. The molecule has 0 amide bonds. The summed E-state index contributed by atoms with van der Waals surface area (Å²) in [5.41, 5.74) is 3.36. The molecule has 1 heterocycles. The second kappa shape index (κ2) is 7.47. The van der Waals surface area contributed by atoms with Crippen LogP contribution in [0.25, 0.3) is 0 Å². The Morgan fingerprint density at radius 3 is 2.22 bits per heavy atom. The number of halogens is 1. The predicted octanol–water partition coefficient (Wildman–Crippen LogP) is 4.78. The lowest BCUT2D eigenvalue weighted by molar-refractivity contribution is 0.301. The van der Waals surface area contributed by atoms with E-state index in [-0.39, 0.29) is 0 Å². The third-order valence-electron chi connectivity index (χ3n) is 3.69. The Kier molecular flexibility index (Phi) is 5.13. The van der Waals surface area contributed by atoms with E-state index in [1.165, 1.54) is 5.56 Å². The van der Waals surface area contributed by atoms with Crippen LogP contribution in [0, 0.1) is 6.92 Å². The predicted molar refractivity (Wildman–Crippen MR) is 95.6 cm³/mol. The molecule has 23 heavy (non-hydrogen) atoms. The molecule has 0 saturated carbocycles. The first kappa shape index (κ1) is 15.8. The van der Waals surface area contributed by atoms with Gasteiger partial charge < -0.3 is 4.74 Å². The smallest absolute Gasteiger partial charge is 0.175 e. The van der Waals surface area contributed by atoms with Gasteiger partial charge in [0.25, 0.3) is 0 Å². The Bertz CT molecular complexity index is 754. The Morgan fingerprint density at radius 2 is 1.57 bits per heavy atom. The fourth-order valence-corrected chi connectivity index (χ4v) is 3.12. The largest absolute Gasteiger partial charge is 0.484 e. The second-order valence-electron chi connectivity index (χ2n) is 5.44. The van der Waals surface area contributed by atoms with Crippen molar-refractivity contribution in [3.63, 3.8) is 0 Å². The van der Waals surface area contributed by atoms with Gasteiger partial charge in [0.1, 0.15) is 16.9 Å². The molecule has 0 bridgehead atoms. The molecular formula is C19H19BrN2O. The van der Waals surface area contributed by atoms with E-state index in [0.29, 0.717) is 6.61 Å². The molecule has 0 aliphatic carbocycles. The maximum absolute atomic E-state index is 5.96. The molecule has 1 aromatic heterocycles. The molecular weight excluding hydrogens is 352 g/mol. The van der Waals surface area contributed by atoms with Crippen LogP contribution in [-0.2, 0) is 19.6 Å². The maximum Gasteiger partial charge on any atom is 0.175 e. The number of nitrogens with zero attached hydrogens (tertiary/aromatic N) is 2. The third kappa shape index (κ3) is 4.02. The highest BCUT2D eigenvalue weighted by Gasteiger charge is 2.14. The molecule has 4 heteroatoms. The Morgan fingerprint density at radius 1 is 0.957 bits per heavy atom. The SMILES string of the molecule is Cc1nn(CCc2ccccc2)c(Br)c1OCc1ccccc1. The molecule has 0 saturated heterocycles. The number of benzene rings is 2. The van der Waals surface area contributed by atoms with Crippen LogP contribution in [-0.4, -0.2) is 9.78 Å². The number of ether oxygens (including phenoxy) is 1. The minimum Gasteiger partial charge on any atom is -0.484 e. The molecule has 0 N–H and O–H groups in total. The van der Waals surface area contributed by atoms with Gasteiger partial charge in [0.05, 0.1) is 0 Å². The van der Waals surface area contributed by atoms with Gasteiger partial charge >= 0.3 is 0 Å². The average molecular weight is 371 g/mol. The topological polar surface area (TPSA) is 27.1 Å². The zero-order chi connectivity index (χ0) is 16.1. The van der Waals surface area contributed by atoms with E-state index in [2.05, 4.69) is 57.4 Å². The van der Waals surface area contributed by atoms with Gasteiger partial charge in [0, 0.05) is 6.54 Å². The Balaban J connectivity index is 1.67. The van der Waals surface area contributed by atoms with Crippen molar-refractivity contribution in [2.75, 3.05) is 0 Å². The summed E-state index contributed by atoms with van der Waals surface area (Å²) in [5, 5.41) is 4.58. The summed E-state index contributed by atoms with van der Waals surface area (Å²) in [7, 11) is 0. The van der Waals surface area contributed by atoms with Crippen molar-refractivity contribution in [3.05, 3.63) is 82.1 Å². The van der Waals surface area contributed by atoms with Crippen molar-refractivity contribution in [1.29, 1.82) is 0 Å². The van der Waals surface area contributed by atoms with Crippen molar-refractivity contribution < 1.29 is 4.74 Å². The van der Waals surface area contributed by atoms with Gasteiger partial charge in [0.15, 0.2) is 5.75 Å². The van der Waals surface area contributed by atoms with E-state index < -0.39 is 0 Å². The minimum atomic E-state index is 0.546. The highest BCUT2D eigenvalue weighted by molar-refractivity contribution is 9.10. The normalized spacial score (nSPS) is 10.7. The summed E-state index contributed by atoms with van der Waals surface area (Å²) >= 11 is 3.62. The van der Waals surface area contributed by atoms with E-state index >= 15 is 0 Å². The fourth-order valence-electron chi connectivity index (χ4n) is 2.46. The van der Waals surface area contributed by atoms with Crippen molar-refractivity contribution in [1.82, 2.24) is 9.78 Å². The molecule has 0 radical (unpaired) electrons. The zero-order valence-electron chi connectivity index (χ0n) is 13.1. The number of aromatic nitrogens is 2. The minimum absolute atomic E-state index is 0.546. The van der Waals surface area contributed by atoms with E-state index in [1.54, 1.807) is 0 Å². The van der Waals surface area contributed by atoms with Crippen molar-refractivity contribution in [3.8, 4) is 5.75 Å². The van der Waals surface area contributed by atoms with Crippen LogP contribution in [0.5, 0.6) is 5.75 Å². The fraction of sp³-hybridized carbons (Fsp3) is 0.211. The molecule has 0 spiro atoms. The third-order valence-corrected chi connectivity index (χ3v) is 4.46. The van der Waals surface area contributed by atoms with E-state index in [9.17, 15) is 0 Å². The summed E-state index contributed by atoms with van der Waals surface area (Å²) in [5.74, 6) is 0.821. The van der Waals surface area contributed by atoms with Crippen molar-refractivity contribution in [2.24, 2.45) is 0 Å². The Labute approximate surface area is 145 Å². The molecule has 118 valence electrons. The number of rotatable bonds is 6. The second-order valence-corrected chi connectivity index (χ2v) is 6.19. The molecule has 3 rings (SSSR count). The summed E-state index contributed by atoms with van der Waals surface area (Å²) in [4.78, 5) is 0. The van der Waals surface area contributed by atoms with Gasteiger partial charge in [-0.3, -0.25) is 4.68 Å². The van der Waals surface area contributed by atoms with Gasteiger partial charge in [-0.15, -0.1) is 0 Å². The van der Waals surface area contributed by atoms with Gasteiger partial charge in [-0.1, -0.05) is 60.7 Å². The zero-order valence-corrected chi connectivity index (χ0v) is 14.7. The van der Waals surface area contributed by atoms with E-state index in [4.69, 9.17) is 4.74 Å². The number of hydrogen-bond donors (Lipinski definition) is 0. The van der Waals surface area contributed by atoms with E-state index in [1.807, 2.05) is 35.9 Å². The lowest BCUT2D eigenvalue weighted by atomic mass is 10.1. The van der Waals surface area contributed by atoms with Gasteiger partial charge in [0.2, 0.25) is 0 Å². The van der Waals surface area contributed by atoms with Crippen molar-refractivity contribution in [2.45, 2.75) is 26.5 Å². The quantitative estimate of drug-likeness (QED) is 0.624. The first-order chi connectivity index (χ1) is 11.2. The Hall–Kier alpha value is -2.07. The highest BCUT2D eigenvalue weighted by Crippen LogP contribution is 2.29. The van der Waals surface area contributed by atoms with Crippen LogP contribution in [0.2, 0.25) is 0 Å². The molecule has 0 atom stereocenters. The number of aryl methyl sites for hydroxylation is 3. The van der Waals surface area contributed by atoms with Crippen LogP contribution in [0.3, 0.4) is 0 Å². The van der Waals surface area contributed by atoms with Crippen LogP contribution in [0.15, 0.2) is 65.3 Å². The lowest BCUT2D eigenvalue weighted by Crippen LogP contribution is -2.04. The lowest BCUT2D eigenvalue weighted by Gasteiger charge is -2.07. The highest BCUT2D eigenvalue weighted by atomic mass is 79.9. The summed E-state index contributed by atoms with van der Waals surface area (Å²) < 4.78 is 8.82. The molecule has 3 nitrogen and oxygen atoms in total. The first-order valence-corrected chi connectivity index (χ1v) is 8.47. The van der Waals surface area contributed by atoms with Crippen molar-refractivity contribution >= 4 is 15.9 Å². The molecule has 3 aromatic rings. The molecule has 0 fully saturated rings. The van der Waals surface area contributed by atoms with Gasteiger partial charge in [-0.25, -0.2) is 0 Å². The van der Waals surface area contributed by atoms with Gasteiger partial charge in [-0.2, -0.15) is 5.10 Å². The molecule has 2 aromatic carbocycles. The summed E-state index contributed by atoms with van der Waals surface area (Å²) in [6, 6.07) is 20.6. The van der Waals surface area contributed by atoms with E-state index in [0.717, 1.165) is 34.6 Å². The van der Waals surface area contributed by atoms with Crippen LogP contribution >= 0.6 is 15.9 Å². The molecule has 0 unspecified atom stereocenters. The van der Waals surface area contributed by atoms with Crippen LogP contribution < -0.4 is 4.74 Å². The first-order valence-electron chi connectivity index (χ1n) is 7.67. The van der Waals surface area contributed by atoms with Gasteiger partial charge in [-0.05, 0) is 40.4 Å². The molecule has 0 aliphatic rings. The average Bonchev–Trinajstić information content (AvgIpc) is 2.87.